The summed E-state index contributed by atoms with van der Waals surface area (Å²) in [6, 6.07) is 8.41. The molecule has 0 radical (unpaired) electrons. The van der Waals surface area contributed by atoms with Crippen molar-refractivity contribution in [3.8, 4) is 0 Å². The maximum atomic E-state index is 5.41. The Morgan fingerprint density at radius 1 is 1.21 bits per heavy atom. The molecule has 1 fully saturated rings. The van der Waals surface area contributed by atoms with Gasteiger partial charge in [0, 0.05) is 6.54 Å². The van der Waals surface area contributed by atoms with Crippen molar-refractivity contribution in [2.24, 2.45) is 22.4 Å². The van der Waals surface area contributed by atoms with Gasteiger partial charge in [-0.3, -0.25) is 4.90 Å². The zero-order valence-corrected chi connectivity index (χ0v) is 11.7. The van der Waals surface area contributed by atoms with Crippen molar-refractivity contribution in [1.82, 2.24) is 4.90 Å². The minimum atomic E-state index is 0.154. The van der Waals surface area contributed by atoms with Crippen LogP contribution in [0.4, 0.5) is 0 Å². The summed E-state index contributed by atoms with van der Waals surface area (Å²) in [5.41, 5.74) is 13.4. The van der Waals surface area contributed by atoms with Crippen LogP contribution in [0.1, 0.15) is 30.9 Å². The van der Waals surface area contributed by atoms with E-state index in [1.165, 1.54) is 37.1 Å². The van der Waals surface area contributed by atoms with Crippen LogP contribution in [0, 0.1) is 5.92 Å². The number of likely N-dealkylation sites (tertiary alicyclic amines) is 1. The predicted octanol–water partition coefficient (Wildman–Crippen LogP) is 1.69. The minimum Gasteiger partial charge on any atom is -0.370 e. The number of benzene rings is 1. The van der Waals surface area contributed by atoms with E-state index in [1.54, 1.807) is 0 Å². The van der Waals surface area contributed by atoms with E-state index in [-0.39, 0.29) is 5.96 Å². The highest BCUT2D eigenvalue weighted by molar-refractivity contribution is 5.75. The van der Waals surface area contributed by atoms with Gasteiger partial charge in [-0.25, -0.2) is 4.99 Å². The third-order valence-electron chi connectivity index (χ3n) is 3.82. The van der Waals surface area contributed by atoms with E-state index in [4.69, 9.17) is 11.5 Å². The van der Waals surface area contributed by atoms with Crippen molar-refractivity contribution in [3.63, 3.8) is 0 Å². The van der Waals surface area contributed by atoms with Gasteiger partial charge in [-0.2, -0.15) is 0 Å². The molecule has 1 aliphatic heterocycles. The van der Waals surface area contributed by atoms with Crippen LogP contribution in [0.15, 0.2) is 29.3 Å². The molecule has 4 N–H and O–H groups in total. The second-order valence-corrected chi connectivity index (χ2v) is 5.47. The Hall–Kier alpha value is -1.55. The van der Waals surface area contributed by atoms with Crippen molar-refractivity contribution < 1.29 is 0 Å². The molecule has 0 unspecified atom stereocenters. The van der Waals surface area contributed by atoms with Gasteiger partial charge in [0.1, 0.15) is 0 Å². The summed E-state index contributed by atoms with van der Waals surface area (Å²) < 4.78 is 0. The van der Waals surface area contributed by atoms with E-state index in [2.05, 4.69) is 35.0 Å². The zero-order valence-electron chi connectivity index (χ0n) is 11.7. The van der Waals surface area contributed by atoms with Crippen molar-refractivity contribution in [2.75, 3.05) is 13.1 Å². The van der Waals surface area contributed by atoms with E-state index in [9.17, 15) is 0 Å². The summed E-state index contributed by atoms with van der Waals surface area (Å²) in [6.45, 7) is 6.30. The average Bonchev–Trinajstić information content (AvgIpc) is 2.40. The zero-order chi connectivity index (χ0) is 13.7. The topological polar surface area (TPSA) is 67.6 Å². The quantitative estimate of drug-likeness (QED) is 0.639. The first kappa shape index (κ1) is 13.9. The van der Waals surface area contributed by atoms with Crippen LogP contribution < -0.4 is 11.5 Å². The average molecular weight is 260 g/mol. The van der Waals surface area contributed by atoms with Crippen molar-refractivity contribution >= 4 is 5.96 Å². The molecule has 1 aromatic carbocycles. The van der Waals surface area contributed by atoms with Gasteiger partial charge in [0.05, 0.1) is 6.54 Å². The Morgan fingerprint density at radius 2 is 1.84 bits per heavy atom. The Balaban J connectivity index is 2.01. The molecule has 4 heteroatoms. The lowest BCUT2D eigenvalue weighted by molar-refractivity contribution is 0.185. The maximum absolute atomic E-state index is 5.41. The predicted molar refractivity (Wildman–Crippen MR) is 79.6 cm³/mol. The van der Waals surface area contributed by atoms with Gasteiger partial charge in [0.2, 0.25) is 0 Å². The number of hydrogen-bond acceptors (Lipinski definition) is 2. The van der Waals surface area contributed by atoms with E-state index in [0.29, 0.717) is 6.54 Å². The van der Waals surface area contributed by atoms with Crippen LogP contribution in [-0.4, -0.2) is 23.9 Å². The van der Waals surface area contributed by atoms with E-state index in [1.807, 2.05) is 6.07 Å². The molecular weight excluding hydrogens is 236 g/mol. The molecule has 0 atom stereocenters. The van der Waals surface area contributed by atoms with Gasteiger partial charge in [-0.1, -0.05) is 31.2 Å². The second kappa shape index (κ2) is 6.57. The summed E-state index contributed by atoms with van der Waals surface area (Å²) in [5.74, 6) is 1.02. The Morgan fingerprint density at radius 3 is 2.47 bits per heavy atom. The van der Waals surface area contributed by atoms with Crippen molar-refractivity contribution in [1.29, 1.82) is 0 Å². The molecule has 0 aliphatic carbocycles. The van der Waals surface area contributed by atoms with Crippen LogP contribution in [0.25, 0.3) is 0 Å². The number of hydrogen-bond donors (Lipinski definition) is 2. The summed E-state index contributed by atoms with van der Waals surface area (Å²) >= 11 is 0. The molecule has 0 saturated carbocycles. The van der Waals surface area contributed by atoms with Gasteiger partial charge in [0.15, 0.2) is 5.96 Å². The van der Waals surface area contributed by atoms with E-state index < -0.39 is 0 Å². The number of nitrogens with zero attached hydrogens (tertiary/aromatic N) is 2. The molecule has 1 aromatic rings. The summed E-state index contributed by atoms with van der Waals surface area (Å²) in [7, 11) is 0. The van der Waals surface area contributed by atoms with Gasteiger partial charge >= 0.3 is 0 Å². The summed E-state index contributed by atoms with van der Waals surface area (Å²) in [6.07, 6.45) is 2.60. The Labute approximate surface area is 115 Å². The Kier molecular flexibility index (Phi) is 4.80. The number of piperidine rings is 1. The fourth-order valence-electron chi connectivity index (χ4n) is 2.50. The second-order valence-electron chi connectivity index (χ2n) is 5.47. The summed E-state index contributed by atoms with van der Waals surface area (Å²) in [5, 5.41) is 0. The van der Waals surface area contributed by atoms with Crippen molar-refractivity contribution in [2.45, 2.75) is 32.9 Å². The molecule has 1 saturated heterocycles. The largest absolute Gasteiger partial charge is 0.370 e. The standard InChI is InChI=1S/C15H24N4/c1-12-6-8-19(9-7-12)11-14-5-3-2-4-13(14)10-18-15(16)17/h2-5,12H,6-11H2,1H3,(H4,16,17,18). The van der Waals surface area contributed by atoms with Gasteiger partial charge in [-0.05, 0) is 43.0 Å². The number of rotatable bonds is 4. The monoisotopic (exact) mass is 260 g/mol. The number of nitrogens with two attached hydrogens (primary N) is 2. The van der Waals surface area contributed by atoms with Gasteiger partial charge in [-0.15, -0.1) is 0 Å². The molecule has 1 heterocycles. The molecule has 104 valence electrons. The first-order valence-electron chi connectivity index (χ1n) is 6.99. The van der Waals surface area contributed by atoms with Gasteiger partial charge in [0.25, 0.3) is 0 Å². The maximum Gasteiger partial charge on any atom is 0.186 e. The fourth-order valence-corrected chi connectivity index (χ4v) is 2.50. The molecule has 0 amide bonds. The SMILES string of the molecule is CC1CCN(Cc2ccccc2CN=C(N)N)CC1. The first-order valence-corrected chi connectivity index (χ1v) is 6.99. The normalized spacial score (nSPS) is 17.3. The van der Waals surface area contributed by atoms with E-state index >= 15 is 0 Å². The van der Waals surface area contributed by atoms with Gasteiger partial charge < -0.3 is 11.5 Å². The number of aliphatic imine (C=N–C) groups is 1. The molecule has 0 spiro atoms. The molecule has 0 aromatic heterocycles. The molecule has 19 heavy (non-hydrogen) atoms. The lowest BCUT2D eigenvalue weighted by Gasteiger charge is -2.30. The molecule has 2 rings (SSSR count). The van der Waals surface area contributed by atoms with Crippen LogP contribution in [0.3, 0.4) is 0 Å². The third-order valence-corrected chi connectivity index (χ3v) is 3.82. The van der Waals surface area contributed by atoms with E-state index in [0.717, 1.165) is 12.5 Å². The lowest BCUT2D eigenvalue weighted by Crippen LogP contribution is -2.32. The highest BCUT2D eigenvalue weighted by Crippen LogP contribution is 2.19. The Bertz CT molecular complexity index is 430. The highest BCUT2D eigenvalue weighted by Gasteiger charge is 2.16. The highest BCUT2D eigenvalue weighted by atomic mass is 15.1. The van der Waals surface area contributed by atoms with Crippen LogP contribution in [0.2, 0.25) is 0 Å². The minimum absolute atomic E-state index is 0.154. The fraction of sp³-hybridized carbons (Fsp3) is 0.533. The summed E-state index contributed by atoms with van der Waals surface area (Å²) in [4.78, 5) is 6.64. The molecule has 1 aliphatic rings. The van der Waals surface area contributed by atoms with Crippen molar-refractivity contribution in [3.05, 3.63) is 35.4 Å². The first-order chi connectivity index (χ1) is 9.15. The number of guanidine groups is 1. The molecule has 0 bridgehead atoms. The molecular formula is C15H24N4. The smallest absolute Gasteiger partial charge is 0.186 e. The molecule has 4 nitrogen and oxygen atoms in total. The lowest BCUT2D eigenvalue weighted by atomic mass is 9.98. The van der Waals surface area contributed by atoms with Crippen LogP contribution in [0.5, 0.6) is 0 Å². The van der Waals surface area contributed by atoms with Crippen LogP contribution in [-0.2, 0) is 13.1 Å². The third kappa shape index (κ3) is 4.24. The van der Waals surface area contributed by atoms with Crippen LogP contribution >= 0.6 is 0 Å².